The number of allylic oxidation sites excluding steroid dienone is 1. The Morgan fingerprint density at radius 2 is 1.82 bits per heavy atom. The Kier molecular flexibility index (Phi) is 10.3. The molecular weight excluding hydrogens is 461 g/mol. The zero-order valence-electron chi connectivity index (χ0n) is 20.3. The molecule has 2 aromatic heterocycles. The highest BCUT2D eigenvalue weighted by Gasteiger charge is 2.35. The lowest BCUT2D eigenvalue weighted by Gasteiger charge is -2.20. The number of thiophene rings is 1. The molecule has 5 nitrogen and oxygen atoms in total. The zero-order valence-corrected chi connectivity index (χ0v) is 21.1. The van der Waals surface area contributed by atoms with Gasteiger partial charge in [-0.1, -0.05) is 59.4 Å². The van der Waals surface area contributed by atoms with Crippen molar-refractivity contribution in [2.75, 3.05) is 0 Å². The van der Waals surface area contributed by atoms with Crippen LogP contribution in [-0.4, -0.2) is 25.7 Å². The molecule has 0 saturated carbocycles. The summed E-state index contributed by atoms with van der Waals surface area (Å²) in [5, 5.41) is 23.4. The van der Waals surface area contributed by atoms with Crippen molar-refractivity contribution in [1.82, 2.24) is 20.6 Å². The van der Waals surface area contributed by atoms with E-state index in [-0.39, 0.29) is 11.5 Å². The van der Waals surface area contributed by atoms with E-state index < -0.39 is 17.5 Å². The average Bonchev–Trinajstić information content (AvgIpc) is 3.45. The first-order valence-corrected chi connectivity index (χ1v) is 12.4. The molecule has 1 aromatic carbocycles. The summed E-state index contributed by atoms with van der Waals surface area (Å²) in [6.07, 6.45) is 3.43. The standard InChI is InChI=1S/C19H19F3N4OS.C6H14/c1-4-10(2)14(13-6-5-12(27)8-15(13)19(20,21)22)9-16-11(3)7-17(28-16)18-23-25-26-24-18;1-3-5-6-4-2/h5-10,27H,4H2,1-3H3,(H,23,24,25,26);3-6H2,1-2H3/b14-9+;. The molecular formula is C25H33F3N4OS. The Labute approximate surface area is 203 Å². The van der Waals surface area contributed by atoms with Crippen LogP contribution in [0.4, 0.5) is 13.2 Å². The van der Waals surface area contributed by atoms with E-state index in [1.807, 2.05) is 26.8 Å². The molecule has 2 N–H and O–H groups in total. The Bertz CT molecular complexity index is 1050. The van der Waals surface area contributed by atoms with Gasteiger partial charge in [-0.3, -0.25) is 0 Å². The number of aromatic nitrogens is 4. The first-order valence-electron chi connectivity index (χ1n) is 11.6. The summed E-state index contributed by atoms with van der Waals surface area (Å²) in [4.78, 5) is 1.61. The van der Waals surface area contributed by atoms with Crippen LogP contribution in [0.2, 0.25) is 0 Å². The van der Waals surface area contributed by atoms with Crippen LogP contribution in [0.1, 0.15) is 81.4 Å². The van der Waals surface area contributed by atoms with Gasteiger partial charge in [0.1, 0.15) is 5.75 Å². The maximum atomic E-state index is 13.6. The topological polar surface area (TPSA) is 74.7 Å². The van der Waals surface area contributed by atoms with E-state index in [9.17, 15) is 18.3 Å². The fraction of sp³-hybridized carbons (Fsp3) is 0.480. The van der Waals surface area contributed by atoms with Gasteiger partial charge >= 0.3 is 6.18 Å². The van der Waals surface area contributed by atoms with E-state index in [1.54, 1.807) is 6.08 Å². The number of nitrogens with zero attached hydrogens (tertiary/aromatic N) is 3. The van der Waals surface area contributed by atoms with Crippen LogP contribution in [0.3, 0.4) is 0 Å². The van der Waals surface area contributed by atoms with Gasteiger partial charge in [-0.2, -0.15) is 18.4 Å². The minimum atomic E-state index is -4.57. The van der Waals surface area contributed by atoms with Crippen LogP contribution < -0.4 is 0 Å². The number of aromatic amines is 1. The number of aryl methyl sites for hydroxylation is 1. The summed E-state index contributed by atoms with van der Waals surface area (Å²) in [5.41, 5.74) is 0.720. The largest absolute Gasteiger partial charge is 0.508 e. The highest BCUT2D eigenvalue weighted by molar-refractivity contribution is 7.16. The molecule has 3 aromatic rings. The van der Waals surface area contributed by atoms with Crippen LogP contribution in [0.15, 0.2) is 24.3 Å². The molecule has 1 unspecified atom stereocenters. The summed E-state index contributed by atoms with van der Waals surface area (Å²) in [5.74, 6) is -0.0782. The maximum absolute atomic E-state index is 13.6. The minimum absolute atomic E-state index is 0.0774. The number of nitrogens with one attached hydrogen (secondary N) is 1. The molecule has 1 atom stereocenters. The highest BCUT2D eigenvalue weighted by Crippen LogP contribution is 2.41. The van der Waals surface area contributed by atoms with E-state index in [4.69, 9.17) is 0 Å². The number of aromatic hydroxyl groups is 1. The van der Waals surface area contributed by atoms with Gasteiger partial charge in [0.25, 0.3) is 0 Å². The molecule has 2 heterocycles. The molecule has 3 rings (SSSR count). The van der Waals surface area contributed by atoms with E-state index in [0.717, 1.165) is 21.4 Å². The summed E-state index contributed by atoms with van der Waals surface area (Å²) in [6.45, 7) is 10.2. The summed E-state index contributed by atoms with van der Waals surface area (Å²) in [6, 6.07) is 5.28. The lowest BCUT2D eigenvalue weighted by molar-refractivity contribution is -0.137. The normalized spacial score (nSPS) is 12.9. The van der Waals surface area contributed by atoms with Crippen molar-refractivity contribution >= 4 is 23.0 Å². The summed E-state index contributed by atoms with van der Waals surface area (Å²) in [7, 11) is 0. The highest BCUT2D eigenvalue weighted by atomic mass is 32.1. The number of rotatable bonds is 8. The molecule has 0 aliphatic heterocycles. The number of H-pyrrole nitrogens is 1. The number of hydrogen-bond acceptors (Lipinski definition) is 5. The molecule has 0 aliphatic carbocycles. The lowest BCUT2D eigenvalue weighted by atomic mass is 9.88. The molecule has 0 bridgehead atoms. The van der Waals surface area contributed by atoms with Gasteiger partial charge in [-0.05, 0) is 65.5 Å². The predicted octanol–water partition coefficient (Wildman–Crippen LogP) is 8.13. The van der Waals surface area contributed by atoms with Gasteiger partial charge in [-0.25, -0.2) is 0 Å². The fourth-order valence-corrected chi connectivity index (χ4v) is 4.44. The maximum Gasteiger partial charge on any atom is 0.417 e. The van der Waals surface area contributed by atoms with Crippen LogP contribution in [-0.2, 0) is 6.18 Å². The number of benzene rings is 1. The number of phenolic OH excluding ortho intramolecular Hbond substituents is 1. The number of halogens is 3. The lowest BCUT2D eigenvalue weighted by Crippen LogP contribution is -2.11. The molecule has 0 fully saturated rings. The van der Waals surface area contributed by atoms with E-state index in [2.05, 4.69) is 34.5 Å². The van der Waals surface area contributed by atoms with Crippen molar-refractivity contribution in [2.45, 2.75) is 72.9 Å². The third-order valence-electron chi connectivity index (χ3n) is 5.53. The third kappa shape index (κ3) is 7.41. The van der Waals surface area contributed by atoms with Gasteiger partial charge in [0, 0.05) is 4.88 Å². The van der Waals surface area contributed by atoms with Crippen LogP contribution >= 0.6 is 11.3 Å². The second-order valence-electron chi connectivity index (χ2n) is 8.24. The van der Waals surface area contributed by atoms with Gasteiger partial charge in [-0.15, -0.1) is 21.5 Å². The average molecular weight is 495 g/mol. The first kappa shape index (κ1) is 27.6. The van der Waals surface area contributed by atoms with Crippen LogP contribution in [0.5, 0.6) is 5.75 Å². The van der Waals surface area contributed by atoms with Crippen molar-refractivity contribution < 1.29 is 18.3 Å². The van der Waals surface area contributed by atoms with E-state index in [0.29, 0.717) is 17.8 Å². The van der Waals surface area contributed by atoms with Crippen LogP contribution in [0, 0.1) is 12.8 Å². The minimum Gasteiger partial charge on any atom is -0.508 e. The van der Waals surface area contributed by atoms with Crippen LogP contribution in [0.25, 0.3) is 22.4 Å². The number of alkyl halides is 3. The van der Waals surface area contributed by atoms with Gasteiger partial charge < -0.3 is 5.11 Å². The predicted molar refractivity (Wildman–Crippen MR) is 132 cm³/mol. The van der Waals surface area contributed by atoms with E-state index in [1.165, 1.54) is 49.2 Å². The first-order chi connectivity index (χ1) is 16.1. The van der Waals surface area contributed by atoms with Crippen molar-refractivity contribution in [3.8, 4) is 16.5 Å². The Morgan fingerprint density at radius 1 is 1.15 bits per heavy atom. The number of unbranched alkanes of at least 4 members (excludes halogenated alkanes) is 3. The van der Waals surface area contributed by atoms with Crippen molar-refractivity contribution in [3.63, 3.8) is 0 Å². The second-order valence-corrected chi connectivity index (χ2v) is 9.32. The Balaban J connectivity index is 0.000000604. The number of phenols is 1. The molecule has 0 spiro atoms. The molecule has 0 aliphatic rings. The van der Waals surface area contributed by atoms with Crippen molar-refractivity contribution in [1.29, 1.82) is 0 Å². The van der Waals surface area contributed by atoms with Gasteiger partial charge in [0.05, 0.1) is 10.4 Å². The zero-order chi connectivity index (χ0) is 25.3. The third-order valence-corrected chi connectivity index (χ3v) is 6.71. The molecule has 186 valence electrons. The monoisotopic (exact) mass is 494 g/mol. The molecule has 9 heteroatoms. The molecule has 0 saturated heterocycles. The number of hydrogen-bond donors (Lipinski definition) is 2. The Morgan fingerprint density at radius 3 is 2.35 bits per heavy atom. The molecule has 0 amide bonds. The van der Waals surface area contributed by atoms with Gasteiger partial charge in [0.2, 0.25) is 5.82 Å². The van der Waals surface area contributed by atoms with Gasteiger partial charge in [0.15, 0.2) is 0 Å². The quantitative estimate of drug-likeness (QED) is 0.310. The Hall–Kier alpha value is -2.68. The van der Waals surface area contributed by atoms with Crippen molar-refractivity contribution in [3.05, 3.63) is 45.8 Å². The SMILES string of the molecule is CCC(C)/C(=C\c1sc(-c2nn[nH]n2)cc1C)c1ccc(O)cc1C(F)(F)F.CCCCCC. The van der Waals surface area contributed by atoms with Crippen molar-refractivity contribution in [2.24, 2.45) is 5.92 Å². The summed E-state index contributed by atoms with van der Waals surface area (Å²) < 4.78 is 40.8. The molecule has 34 heavy (non-hydrogen) atoms. The second kappa shape index (κ2) is 12.7. The fourth-order valence-electron chi connectivity index (χ4n) is 3.38. The number of tetrazole rings is 1. The molecule has 0 radical (unpaired) electrons. The summed E-state index contributed by atoms with van der Waals surface area (Å²) >= 11 is 1.39. The smallest absolute Gasteiger partial charge is 0.417 e. The van der Waals surface area contributed by atoms with E-state index >= 15 is 0 Å².